The number of piperazine rings is 1. The summed E-state index contributed by atoms with van der Waals surface area (Å²) in [7, 11) is 1.43. The molecule has 3 rings (SSSR count). The molecule has 32 heavy (non-hydrogen) atoms. The highest BCUT2D eigenvalue weighted by molar-refractivity contribution is 6.31. The largest absolute Gasteiger partial charge is 0.495 e. The topological polar surface area (TPSA) is 105 Å². The summed E-state index contributed by atoms with van der Waals surface area (Å²) < 4.78 is 5.20. The second-order valence-corrected chi connectivity index (χ2v) is 7.90. The predicted molar refractivity (Wildman–Crippen MR) is 121 cm³/mol. The Kier molecular flexibility index (Phi) is 7.66. The average Bonchev–Trinajstić information content (AvgIpc) is 2.80. The van der Waals surface area contributed by atoms with Crippen molar-refractivity contribution in [2.75, 3.05) is 38.6 Å². The summed E-state index contributed by atoms with van der Waals surface area (Å²) in [6.45, 7) is 3.84. The van der Waals surface area contributed by atoms with Gasteiger partial charge in [-0.1, -0.05) is 29.8 Å². The summed E-state index contributed by atoms with van der Waals surface area (Å²) >= 11 is 6.15. The van der Waals surface area contributed by atoms with Crippen molar-refractivity contribution < 1.29 is 19.2 Å². The summed E-state index contributed by atoms with van der Waals surface area (Å²) in [6.07, 6.45) is 0.238. The van der Waals surface area contributed by atoms with E-state index in [2.05, 4.69) is 5.32 Å². The van der Waals surface area contributed by atoms with Crippen LogP contribution in [0.4, 0.5) is 11.4 Å². The lowest BCUT2D eigenvalue weighted by Gasteiger charge is -2.37. The molecule has 1 atom stereocenters. The molecule has 0 radical (unpaired) electrons. The molecule has 1 heterocycles. The predicted octanol–water partition coefficient (Wildman–Crippen LogP) is 2.97. The third-order valence-corrected chi connectivity index (χ3v) is 5.91. The summed E-state index contributed by atoms with van der Waals surface area (Å²) in [5, 5.41) is 14.3. The SMILES string of the molecule is COc1ccc([N+](=O)[O-])cc1NC(=O)C(C)N1CCN(C(=O)Cc2ccccc2Cl)CC1. The van der Waals surface area contributed by atoms with Crippen molar-refractivity contribution >= 4 is 34.8 Å². The van der Waals surface area contributed by atoms with Gasteiger partial charge in [0.2, 0.25) is 11.8 Å². The molecule has 9 nitrogen and oxygen atoms in total. The summed E-state index contributed by atoms with van der Waals surface area (Å²) in [5.74, 6) is 0.0296. The Bertz CT molecular complexity index is 1010. The van der Waals surface area contributed by atoms with Crippen molar-refractivity contribution in [2.24, 2.45) is 0 Å². The number of hydrogen-bond acceptors (Lipinski definition) is 6. The van der Waals surface area contributed by atoms with Crippen LogP contribution in [0, 0.1) is 10.1 Å². The molecular formula is C22H25ClN4O5. The number of carbonyl (C=O) groups is 2. The van der Waals surface area contributed by atoms with Crippen LogP contribution in [0.5, 0.6) is 5.75 Å². The molecule has 1 aliphatic heterocycles. The molecular weight excluding hydrogens is 436 g/mol. The van der Waals surface area contributed by atoms with Gasteiger partial charge in [-0.15, -0.1) is 0 Å². The van der Waals surface area contributed by atoms with E-state index in [1.54, 1.807) is 17.9 Å². The number of halogens is 1. The molecule has 1 unspecified atom stereocenters. The number of ether oxygens (including phenoxy) is 1. The van der Waals surface area contributed by atoms with Crippen molar-refractivity contribution in [2.45, 2.75) is 19.4 Å². The summed E-state index contributed by atoms with van der Waals surface area (Å²) in [4.78, 5) is 39.7. The molecule has 0 aliphatic carbocycles. The quantitative estimate of drug-likeness (QED) is 0.503. The van der Waals surface area contributed by atoms with E-state index in [0.29, 0.717) is 37.0 Å². The van der Waals surface area contributed by atoms with Crippen LogP contribution in [-0.2, 0) is 16.0 Å². The molecule has 0 aromatic heterocycles. The number of nitrogens with one attached hydrogen (secondary N) is 1. The van der Waals surface area contributed by atoms with Crippen molar-refractivity contribution in [3.05, 3.63) is 63.2 Å². The number of methoxy groups -OCH3 is 1. The number of non-ortho nitro benzene ring substituents is 1. The molecule has 1 saturated heterocycles. The number of anilines is 1. The Labute approximate surface area is 191 Å². The standard InChI is InChI=1S/C22H25ClN4O5/c1-15(22(29)24-19-14-17(27(30)31)7-8-20(19)32-2)25-9-11-26(12-10-25)21(28)13-16-5-3-4-6-18(16)23/h3-8,14-15H,9-13H2,1-2H3,(H,24,29). The second-order valence-electron chi connectivity index (χ2n) is 7.49. The average molecular weight is 461 g/mol. The highest BCUT2D eigenvalue weighted by atomic mass is 35.5. The Morgan fingerprint density at radius 1 is 1.19 bits per heavy atom. The van der Waals surface area contributed by atoms with Crippen molar-refractivity contribution in [3.8, 4) is 5.75 Å². The fourth-order valence-electron chi connectivity index (χ4n) is 3.59. The molecule has 170 valence electrons. The first-order valence-corrected chi connectivity index (χ1v) is 10.6. The molecule has 1 fully saturated rings. The maximum Gasteiger partial charge on any atom is 0.271 e. The number of carbonyl (C=O) groups excluding carboxylic acids is 2. The monoisotopic (exact) mass is 460 g/mol. The molecule has 2 aromatic rings. The van der Waals surface area contributed by atoms with E-state index in [1.165, 1.54) is 25.3 Å². The van der Waals surface area contributed by atoms with E-state index >= 15 is 0 Å². The maximum absolute atomic E-state index is 12.8. The zero-order valence-electron chi connectivity index (χ0n) is 17.9. The van der Waals surface area contributed by atoms with Crippen LogP contribution >= 0.6 is 11.6 Å². The van der Waals surface area contributed by atoms with E-state index in [9.17, 15) is 19.7 Å². The number of hydrogen-bond donors (Lipinski definition) is 1. The maximum atomic E-state index is 12.8. The molecule has 0 spiro atoms. The molecule has 1 aliphatic rings. The second kappa shape index (κ2) is 10.4. The van der Waals surface area contributed by atoms with E-state index in [1.807, 2.05) is 23.1 Å². The van der Waals surface area contributed by atoms with E-state index in [4.69, 9.17) is 16.3 Å². The number of nitrogens with zero attached hydrogens (tertiary/aromatic N) is 3. The summed E-state index contributed by atoms with van der Waals surface area (Å²) in [5.41, 5.74) is 0.895. The zero-order chi connectivity index (χ0) is 23.3. The van der Waals surface area contributed by atoms with Gasteiger partial charge in [-0.2, -0.15) is 0 Å². The highest BCUT2D eigenvalue weighted by Gasteiger charge is 2.28. The van der Waals surface area contributed by atoms with Crippen LogP contribution < -0.4 is 10.1 Å². The van der Waals surface area contributed by atoms with Gasteiger partial charge in [0.1, 0.15) is 5.75 Å². The van der Waals surface area contributed by atoms with Gasteiger partial charge in [-0.25, -0.2) is 0 Å². The van der Waals surface area contributed by atoms with Crippen LogP contribution in [0.2, 0.25) is 5.02 Å². The lowest BCUT2D eigenvalue weighted by atomic mass is 10.1. The van der Waals surface area contributed by atoms with Gasteiger partial charge in [0.25, 0.3) is 5.69 Å². The van der Waals surface area contributed by atoms with Gasteiger partial charge in [0.05, 0.1) is 30.2 Å². The van der Waals surface area contributed by atoms with Gasteiger partial charge in [0.15, 0.2) is 0 Å². The fraction of sp³-hybridized carbons (Fsp3) is 0.364. The highest BCUT2D eigenvalue weighted by Crippen LogP contribution is 2.29. The van der Waals surface area contributed by atoms with Crippen LogP contribution in [0.25, 0.3) is 0 Å². The minimum absolute atomic E-state index is 0.00353. The van der Waals surface area contributed by atoms with Gasteiger partial charge in [0, 0.05) is 43.3 Å². The zero-order valence-corrected chi connectivity index (χ0v) is 18.7. The Morgan fingerprint density at radius 3 is 2.50 bits per heavy atom. The number of amides is 2. The molecule has 1 N–H and O–H groups in total. The number of rotatable bonds is 7. The first-order valence-electron chi connectivity index (χ1n) is 10.2. The minimum atomic E-state index is -0.530. The van der Waals surface area contributed by atoms with Crippen LogP contribution in [0.1, 0.15) is 12.5 Å². The van der Waals surface area contributed by atoms with Crippen molar-refractivity contribution in [1.82, 2.24) is 9.80 Å². The molecule has 0 bridgehead atoms. The van der Waals surface area contributed by atoms with Crippen molar-refractivity contribution in [3.63, 3.8) is 0 Å². The normalized spacial score (nSPS) is 15.2. The van der Waals surface area contributed by atoms with E-state index in [0.717, 1.165) is 5.56 Å². The Morgan fingerprint density at radius 2 is 1.88 bits per heavy atom. The fourth-order valence-corrected chi connectivity index (χ4v) is 3.79. The van der Waals surface area contributed by atoms with E-state index < -0.39 is 11.0 Å². The van der Waals surface area contributed by atoms with Crippen LogP contribution in [0.15, 0.2) is 42.5 Å². The first-order chi connectivity index (χ1) is 15.3. The van der Waals surface area contributed by atoms with Gasteiger partial charge in [-0.05, 0) is 24.6 Å². The van der Waals surface area contributed by atoms with Gasteiger partial charge >= 0.3 is 0 Å². The van der Waals surface area contributed by atoms with Gasteiger partial charge < -0.3 is 15.0 Å². The molecule has 0 saturated carbocycles. The lowest BCUT2D eigenvalue weighted by molar-refractivity contribution is -0.384. The number of nitro groups is 1. The van der Waals surface area contributed by atoms with Gasteiger partial charge in [-0.3, -0.25) is 24.6 Å². The van der Waals surface area contributed by atoms with E-state index in [-0.39, 0.29) is 29.6 Å². The van der Waals surface area contributed by atoms with Crippen LogP contribution in [0.3, 0.4) is 0 Å². The minimum Gasteiger partial charge on any atom is -0.495 e. The molecule has 2 aromatic carbocycles. The molecule has 2 amide bonds. The number of nitro benzene ring substituents is 1. The smallest absolute Gasteiger partial charge is 0.271 e. The van der Waals surface area contributed by atoms with Crippen LogP contribution in [-0.4, -0.2) is 65.9 Å². The van der Waals surface area contributed by atoms with Crippen molar-refractivity contribution in [1.29, 1.82) is 0 Å². The Balaban J connectivity index is 1.57. The molecule has 10 heteroatoms. The lowest BCUT2D eigenvalue weighted by Crippen LogP contribution is -2.54. The Hall–Kier alpha value is -3.17. The summed E-state index contributed by atoms with van der Waals surface area (Å²) in [6, 6.07) is 10.8. The number of benzene rings is 2. The third kappa shape index (κ3) is 5.54. The first kappa shape index (κ1) is 23.5. The third-order valence-electron chi connectivity index (χ3n) is 5.55.